The van der Waals surface area contributed by atoms with Crippen molar-refractivity contribution in [1.29, 1.82) is 0 Å². The number of hydrogen-bond acceptors (Lipinski definition) is 6. The molecular formula is C24H29NO6. The molecule has 1 aliphatic rings. The van der Waals surface area contributed by atoms with E-state index in [1.54, 1.807) is 19.1 Å². The number of carbonyl (C=O) groups excluding carboxylic acids is 2. The number of rotatable bonds is 9. The van der Waals surface area contributed by atoms with Gasteiger partial charge in [0.15, 0.2) is 16.9 Å². The van der Waals surface area contributed by atoms with Gasteiger partial charge in [0.2, 0.25) is 11.7 Å². The van der Waals surface area contributed by atoms with E-state index in [1.165, 1.54) is 21.3 Å². The number of amides is 1. The van der Waals surface area contributed by atoms with E-state index in [1.807, 2.05) is 31.2 Å². The molecule has 0 heterocycles. The average Bonchev–Trinajstić information content (AvgIpc) is 3.54. The summed E-state index contributed by atoms with van der Waals surface area (Å²) in [6.07, 6.45) is 0.351. The van der Waals surface area contributed by atoms with E-state index in [9.17, 15) is 9.59 Å². The molecule has 31 heavy (non-hydrogen) atoms. The maximum atomic E-state index is 13.2. The van der Waals surface area contributed by atoms with Crippen LogP contribution < -0.4 is 19.5 Å². The van der Waals surface area contributed by atoms with Gasteiger partial charge in [-0.1, -0.05) is 29.8 Å². The second-order valence-corrected chi connectivity index (χ2v) is 7.58. The summed E-state index contributed by atoms with van der Waals surface area (Å²) in [7, 11) is 4.58. The Morgan fingerprint density at radius 1 is 1.03 bits per heavy atom. The molecule has 0 aliphatic heterocycles. The van der Waals surface area contributed by atoms with Crippen LogP contribution in [0.15, 0.2) is 36.4 Å². The normalized spacial score (nSPS) is 19.3. The highest BCUT2D eigenvalue weighted by atomic mass is 16.5. The molecule has 0 bridgehead atoms. The van der Waals surface area contributed by atoms with Gasteiger partial charge < -0.3 is 24.3 Å². The van der Waals surface area contributed by atoms with Crippen molar-refractivity contribution in [3.8, 4) is 17.2 Å². The highest BCUT2D eigenvalue weighted by molar-refractivity contribution is 6.07. The summed E-state index contributed by atoms with van der Waals surface area (Å²) in [5.74, 6) is 0.196. The van der Waals surface area contributed by atoms with Crippen molar-refractivity contribution in [3.05, 3.63) is 53.1 Å². The van der Waals surface area contributed by atoms with Gasteiger partial charge in [-0.3, -0.25) is 9.59 Å². The minimum atomic E-state index is -1.27. The van der Waals surface area contributed by atoms with Crippen molar-refractivity contribution in [3.63, 3.8) is 0 Å². The van der Waals surface area contributed by atoms with Crippen molar-refractivity contribution >= 4 is 11.9 Å². The number of esters is 1. The summed E-state index contributed by atoms with van der Waals surface area (Å²) in [5.41, 5.74) is 1.59. The standard InChI is InChI=1S/C24H29NO6/c1-6-31-23(27)24(22(26)25-14-16-9-7-15(2)8-10-16)13-18(24)17-11-19(28-3)21(30-5)20(12-17)29-4/h7-12,18H,6,13-14H2,1-5H3,(H,25,26)/t18-,24+/m0/s1. The number of aryl methyl sites for hydroxylation is 1. The number of nitrogens with one attached hydrogen (secondary N) is 1. The molecule has 7 heteroatoms. The van der Waals surface area contributed by atoms with Crippen LogP contribution in [-0.4, -0.2) is 39.8 Å². The SMILES string of the molecule is CCOC(=O)[C@]1(C(=O)NCc2ccc(C)cc2)C[C@H]1c1cc(OC)c(OC)c(OC)c1. The van der Waals surface area contributed by atoms with Crippen LogP contribution in [0.1, 0.15) is 36.0 Å². The Morgan fingerprint density at radius 3 is 2.16 bits per heavy atom. The molecule has 3 rings (SSSR count). The van der Waals surface area contributed by atoms with Crippen LogP contribution in [0, 0.1) is 12.3 Å². The van der Waals surface area contributed by atoms with Crippen LogP contribution in [0.4, 0.5) is 0 Å². The molecule has 7 nitrogen and oxygen atoms in total. The van der Waals surface area contributed by atoms with Gasteiger partial charge in [-0.25, -0.2) is 0 Å². The lowest BCUT2D eigenvalue weighted by molar-refractivity contribution is -0.154. The Morgan fingerprint density at radius 2 is 1.65 bits per heavy atom. The second-order valence-electron chi connectivity index (χ2n) is 7.58. The monoisotopic (exact) mass is 427 g/mol. The topological polar surface area (TPSA) is 83.1 Å². The van der Waals surface area contributed by atoms with Gasteiger partial charge in [-0.2, -0.15) is 0 Å². The van der Waals surface area contributed by atoms with E-state index in [2.05, 4.69) is 5.32 Å². The van der Waals surface area contributed by atoms with E-state index in [0.717, 1.165) is 16.7 Å². The Bertz CT molecular complexity index is 930. The van der Waals surface area contributed by atoms with Crippen molar-refractivity contribution in [1.82, 2.24) is 5.32 Å². The number of ether oxygens (including phenoxy) is 4. The van der Waals surface area contributed by atoms with E-state index in [-0.39, 0.29) is 18.4 Å². The van der Waals surface area contributed by atoms with Crippen molar-refractivity contribution in [2.45, 2.75) is 32.7 Å². The lowest BCUT2D eigenvalue weighted by Gasteiger charge is -2.18. The Labute approximate surface area is 182 Å². The van der Waals surface area contributed by atoms with Crippen molar-refractivity contribution in [2.24, 2.45) is 5.41 Å². The summed E-state index contributed by atoms with van der Waals surface area (Å²) in [6.45, 7) is 4.27. The Kier molecular flexibility index (Phi) is 6.73. The predicted octanol–water partition coefficient (Wildman–Crippen LogP) is 3.37. The molecule has 2 atom stereocenters. The van der Waals surface area contributed by atoms with Gasteiger partial charge in [0.05, 0.1) is 27.9 Å². The quantitative estimate of drug-likeness (QED) is 0.488. The molecule has 1 amide bonds. The fourth-order valence-corrected chi connectivity index (χ4v) is 3.84. The number of hydrogen-bond donors (Lipinski definition) is 1. The zero-order valence-electron chi connectivity index (χ0n) is 18.6. The maximum absolute atomic E-state index is 13.2. The van der Waals surface area contributed by atoms with Gasteiger partial charge in [0, 0.05) is 12.5 Å². The van der Waals surface area contributed by atoms with E-state index in [4.69, 9.17) is 18.9 Å². The number of methoxy groups -OCH3 is 3. The fourth-order valence-electron chi connectivity index (χ4n) is 3.84. The van der Waals surface area contributed by atoms with Crippen LogP contribution in [-0.2, 0) is 20.9 Å². The molecule has 1 fully saturated rings. The first-order chi connectivity index (χ1) is 14.9. The van der Waals surface area contributed by atoms with Gasteiger partial charge >= 0.3 is 5.97 Å². The second kappa shape index (κ2) is 9.29. The first-order valence-corrected chi connectivity index (χ1v) is 10.2. The summed E-state index contributed by atoms with van der Waals surface area (Å²) in [4.78, 5) is 26.1. The molecule has 1 aliphatic carbocycles. The molecule has 2 aromatic rings. The summed E-state index contributed by atoms with van der Waals surface area (Å²) >= 11 is 0. The fraction of sp³-hybridized carbons (Fsp3) is 0.417. The van der Waals surface area contributed by atoms with Crippen molar-refractivity contribution < 1.29 is 28.5 Å². The van der Waals surface area contributed by atoms with Crippen LogP contribution in [0.5, 0.6) is 17.2 Å². The molecular weight excluding hydrogens is 398 g/mol. The van der Waals surface area contributed by atoms with E-state index >= 15 is 0 Å². The molecule has 166 valence electrons. The third-order valence-electron chi connectivity index (χ3n) is 5.67. The number of benzene rings is 2. The minimum absolute atomic E-state index is 0.202. The molecule has 1 N–H and O–H groups in total. The smallest absolute Gasteiger partial charge is 0.322 e. The molecule has 1 saturated carbocycles. The van der Waals surface area contributed by atoms with Crippen LogP contribution in [0.2, 0.25) is 0 Å². The van der Waals surface area contributed by atoms with Crippen LogP contribution in [0.3, 0.4) is 0 Å². The van der Waals surface area contributed by atoms with Crippen LogP contribution >= 0.6 is 0 Å². The molecule has 0 unspecified atom stereocenters. The predicted molar refractivity (Wildman–Crippen MR) is 116 cm³/mol. The molecule has 0 aromatic heterocycles. The third kappa shape index (κ3) is 4.31. The molecule has 0 radical (unpaired) electrons. The summed E-state index contributed by atoms with van der Waals surface area (Å²) < 4.78 is 21.5. The largest absolute Gasteiger partial charge is 0.493 e. The molecule has 0 spiro atoms. The van der Waals surface area contributed by atoms with Gasteiger partial charge in [-0.15, -0.1) is 0 Å². The molecule has 2 aromatic carbocycles. The maximum Gasteiger partial charge on any atom is 0.322 e. The number of carbonyl (C=O) groups is 2. The highest BCUT2D eigenvalue weighted by Gasteiger charge is 2.67. The zero-order valence-corrected chi connectivity index (χ0v) is 18.6. The van der Waals surface area contributed by atoms with E-state index in [0.29, 0.717) is 30.2 Å². The Hall–Kier alpha value is -3.22. The summed E-state index contributed by atoms with van der Waals surface area (Å²) in [5, 5.41) is 2.91. The Balaban J connectivity index is 1.88. The van der Waals surface area contributed by atoms with Gasteiger partial charge in [-0.05, 0) is 43.5 Å². The van der Waals surface area contributed by atoms with Gasteiger partial charge in [0.1, 0.15) is 0 Å². The molecule has 0 saturated heterocycles. The average molecular weight is 427 g/mol. The van der Waals surface area contributed by atoms with Crippen LogP contribution in [0.25, 0.3) is 0 Å². The first kappa shape index (κ1) is 22.5. The van der Waals surface area contributed by atoms with E-state index < -0.39 is 11.4 Å². The van der Waals surface area contributed by atoms with Gasteiger partial charge in [0.25, 0.3) is 0 Å². The van der Waals surface area contributed by atoms with Crippen molar-refractivity contribution in [2.75, 3.05) is 27.9 Å². The highest BCUT2D eigenvalue weighted by Crippen LogP contribution is 2.61. The lowest BCUT2D eigenvalue weighted by Crippen LogP contribution is -2.39. The lowest BCUT2D eigenvalue weighted by atomic mass is 9.97. The third-order valence-corrected chi connectivity index (χ3v) is 5.67. The summed E-state index contributed by atoms with van der Waals surface area (Å²) in [6, 6.07) is 11.4. The first-order valence-electron chi connectivity index (χ1n) is 10.2. The minimum Gasteiger partial charge on any atom is -0.493 e. The zero-order chi connectivity index (χ0) is 22.6.